The Hall–Kier alpha value is -1.13. The van der Waals surface area contributed by atoms with Gasteiger partial charge in [-0.3, -0.25) is 14.0 Å². The van der Waals surface area contributed by atoms with Gasteiger partial charge < -0.3 is 10.2 Å². The summed E-state index contributed by atoms with van der Waals surface area (Å²) in [5.74, 6) is 0.127. The second-order valence-electron chi connectivity index (χ2n) is 6.56. The Labute approximate surface area is 126 Å². The lowest BCUT2D eigenvalue weighted by atomic mass is 9.79. The molecule has 0 bridgehead atoms. The number of piperazine rings is 1. The van der Waals surface area contributed by atoms with E-state index in [0.717, 1.165) is 25.7 Å². The summed E-state index contributed by atoms with van der Waals surface area (Å²) in [6.45, 7) is 3.56. The Morgan fingerprint density at radius 3 is 2.52 bits per heavy atom. The van der Waals surface area contributed by atoms with Gasteiger partial charge >= 0.3 is 0 Å². The molecule has 1 aliphatic carbocycles. The zero-order valence-electron chi connectivity index (χ0n) is 13.2. The first-order valence-electron chi connectivity index (χ1n) is 8.22. The lowest BCUT2D eigenvalue weighted by molar-refractivity contribution is -0.157. The lowest BCUT2D eigenvalue weighted by Crippen LogP contribution is -2.70. The van der Waals surface area contributed by atoms with Crippen molar-refractivity contribution >= 4 is 11.8 Å². The van der Waals surface area contributed by atoms with Gasteiger partial charge in [0.2, 0.25) is 11.8 Å². The van der Waals surface area contributed by atoms with E-state index in [2.05, 4.69) is 5.32 Å². The SMILES string of the molecule is CCC1(C)NC(=O)C(C2CCCCC2)N(CCCF)C1=O. The summed E-state index contributed by atoms with van der Waals surface area (Å²) in [4.78, 5) is 27.0. The second-order valence-corrected chi connectivity index (χ2v) is 6.56. The molecule has 4 nitrogen and oxygen atoms in total. The Balaban J connectivity index is 2.23. The summed E-state index contributed by atoms with van der Waals surface area (Å²) in [6.07, 6.45) is 6.27. The van der Waals surface area contributed by atoms with Crippen molar-refractivity contribution in [3.8, 4) is 0 Å². The summed E-state index contributed by atoms with van der Waals surface area (Å²) in [5.41, 5.74) is -0.835. The van der Waals surface area contributed by atoms with Gasteiger partial charge in [0.15, 0.2) is 0 Å². The van der Waals surface area contributed by atoms with Crippen molar-refractivity contribution in [3.63, 3.8) is 0 Å². The molecule has 0 spiro atoms. The van der Waals surface area contributed by atoms with Crippen LogP contribution in [-0.2, 0) is 9.59 Å². The van der Waals surface area contributed by atoms with Crippen molar-refractivity contribution < 1.29 is 14.0 Å². The van der Waals surface area contributed by atoms with Gasteiger partial charge in [-0.15, -0.1) is 0 Å². The van der Waals surface area contributed by atoms with Crippen LogP contribution in [0.2, 0.25) is 0 Å². The van der Waals surface area contributed by atoms with Gasteiger partial charge in [-0.25, -0.2) is 0 Å². The maximum atomic E-state index is 12.8. The number of carbonyl (C=O) groups excluding carboxylic acids is 2. The van der Waals surface area contributed by atoms with E-state index in [1.54, 1.807) is 11.8 Å². The zero-order valence-corrected chi connectivity index (χ0v) is 13.2. The van der Waals surface area contributed by atoms with Crippen molar-refractivity contribution in [3.05, 3.63) is 0 Å². The fraction of sp³-hybridized carbons (Fsp3) is 0.875. The molecule has 1 N–H and O–H groups in total. The second kappa shape index (κ2) is 6.75. The van der Waals surface area contributed by atoms with Crippen molar-refractivity contribution in [2.24, 2.45) is 5.92 Å². The van der Waals surface area contributed by atoms with Crippen LogP contribution in [0.3, 0.4) is 0 Å². The molecular formula is C16H27FN2O2. The molecule has 1 aliphatic heterocycles. The van der Waals surface area contributed by atoms with Crippen LogP contribution in [0.15, 0.2) is 0 Å². The zero-order chi connectivity index (χ0) is 15.5. The number of carbonyl (C=O) groups is 2. The highest BCUT2D eigenvalue weighted by molar-refractivity contribution is 5.99. The lowest BCUT2D eigenvalue weighted by Gasteiger charge is -2.47. The van der Waals surface area contributed by atoms with Gasteiger partial charge in [0, 0.05) is 6.54 Å². The fourth-order valence-electron chi connectivity index (χ4n) is 3.61. The third-order valence-electron chi connectivity index (χ3n) is 5.07. The number of hydrogen-bond acceptors (Lipinski definition) is 2. The Kier molecular flexibility index (Phi) is 5.22. The average Bonchev–Trinajstić information content (AvgIpc) is 2.50. The molecule has 2 unspecified atom stereocenters. The molecule has 0 aromatic carbocycles. The standard InChI is InChI=1S/C16H27FN2O2/c1-3-16(2)15(21)19(11-7-10-17)13(14(20)18-16)12-8-5-4-6-9-12/h12-13H,3-11H2,1-2H3,(H,18,20). The number of halogens is 1. The van der Waals surface area contributed by atoms with Gasteiger partial charge in [-0.2, -0.15) is 0 Å². The van der Waals surface area contributed by atoms with Crippen LogP contribution in [0.5, 0.6) is 0 Å². The average molecular weight is 298 g/mol. The molecule has 1 saturated carbocycles. The number of nitrogens with one attached hydrogen (secondary N) is 1. The molecule has 1 heterocycles. The molecule has 2 atom stereocenters. The molecule has 2 amide bonds. The molecule has 0 aromatic heterocycles. The number of hydrogen-bond donors (Lipinski definition) is 1. The molecule has 2 fully saturated rings. The number of rotatable bonds is 5. The van der Waals surface area contributed by atoms with Crippen LogP contribution in [0, 0.1) is 5.92 Å². The van der Waals surface area contributed by atoms with Gasteiger partial charge in [-0.05, 0) is 38.5 Å². The molecule has 21 heavy (non-hydrogen) atoms. The number of nitrogens with zero attached hydrogens (tertiary/aromatic N) is 1. The topological polar surface area (TPSA) is 49.4 Å². The highest BCUT2D eigenvalue weighted by Crippen LogP contribution is 2.33. The molecule has 5 heteroatoms. The van der Waals surface area contributed by atoms with Crippen LogP contribution in [-0.4, -0.2) is 41.5 Å². The minimum atomic E-state index is -0.835. The summed E-state index contributed by atoms with van der Waals surface area (Å²) in [6, 6.07) is -0.399. The highest BCUT2D eigenvalue weighted by Gasteiger charge is 2.49. The quantitative estimate of drug-likeness (QED) is 0.847. The summed E-state index contributed by atoms with van der Waals surface area (Å²) in [7, 11) is 0. The largest absolute Gasteiger partial charge is 0.340 e. The van der Waals surface area contributed by atoms with Crippen molar-refractivity contribution in [2.75, 3.05) is 13.2 Å². The molecule has 0 radical (unpaired) electrons. The summed E-state index contributed by atoms with van der Waals surface area (Å²) in [5, 5.41) is 2.92. The third-order valence-corrected chi connectivity index (χ3v) is 5.07. The number of alkyl halides is 1. The minimum Gasteiger partial charge on any atom is -0.340 e. The van der Waals surface area contributed by atoms with Crippen LogP contribution in [0.1, 0.15) is 58.8 Å². The van der Waals surface area contributed by atoms with Gasteiger partial charge in [0.1, 0.15) is 11.6 Å². The van der Waals surface area contributed by atoms with Crippen molar-refractivity contribution in [2.45, 2.75) is 70.4 Å². The van der Waals surface area contributed by atoms with Crippen molar-refractivity contribution in [1.82, 2.24) is 10.2 Å². The van der Waals surface area contributed by atoms with Gasteiger partial charge in [0.25, 0.3) is 0 Å². The van der Waals surface area contributed by atoms with E-state index >= 15 is 0 Å². The first-order valence-corrected chi connectivity index (χ1v) is 8.22. The Morgan fingerprint density at radius 2 is 1.95 bits per heavy atom. The van der Waals surface area contributed by atoms with Gasteiger partial charge in [-0.1, -0.05) is 26.2 Å². The van der Waals surface area contributed by atoms with Crippen molar-refractivity contribution in [1.29, 1.82) is 0 Å². The van der Waals surface area contributed by atoms with E-state index in [-0.39, 0.29) is 17.7 Å². The van der Waals surface area contributed by atoms with Crippen LogP contribution >= 0.6 is 0 Å². The first-order chi connectivity index (χ1) is 10.0. The predicted octanol–water partition coefficient (Wildman–Crippen LogP) is 2.42. The van der Waals surface area contributed by atoms with Crippen LogP contribution in [0.25, 0.3) is 0 Å². The van der Waals surface area contributed by atoms with E-state index in [9.17, 15) is 14.0 Å². The fourth-order valence-corrected chi connectivity index (χ4v) is 3.61. The first kappa shape index (κ1) is 16.2. The summed E-state index contributed by atoms with van der Waals surface area (Å²) >= 11 is 0. The maximum Gasteiger partial charge on any atom is 0.248 e. The maximum absolute atomic E-state index is 12.8. The highest BCUT2D eigenvalue weighted by atomic mass is 19.1. The van der Waals surface area contributed by atoms with E-state index in [1.807, 2.05) is 6.92 Å². The van der Waals surface area contributed by atoms with E-state index in [4.69, 9.17) is 0 Å². The Morgan fingerprint density at radius 1 is 1.29 bits per heavy atom. The summed E-state index contributed by atoms with van der Waals surface area (Å²) < 4.78 is 12.6. The normalized spacial score (nSPS) is 31.4. The Bertz CT molecular complexity index is 396. The van der Waals surface area contributed by atoms with Crippen LogP contribution < -0.4 is 5.32 Å². The molecule has 0 aromatic rings. The third kappa shape index (κ3) is 3.22. The molecular weight excluding hydrogens is 271 g/mol. The monoisotopic (exact) mass is 298 g/mol. The predicted molar refractivity (Wildman–Crippen MR) is 79.5 cm³/mol. The molecule has 2 aliphatic rings. The van der Waals surface area contributed by atoms with Crippen LogP contribution in [0.4, 0.5) is 4.39 Å². The van der Waals surface area contributed by atoms with E-state index in [0.29, 0.717) is 19.4 Å². The number of amides is 2. The molecule has 120 valence electrons. The van der Waals surface area contributed by atoms with E-state index in [1.165, 1.54) is 6.42 Å². The molecule has 1 saturated heterocycles. The smallest absolute Gasteiger partial charge is 0.248 e. The molecule has 2 rings (SSSR count). The van der Waals surface area contributed by atoms with Gasteiger partial charge in [0.05, 0.1) is 6.67 Å². The minimum absolute atomic E-state index is 0.0476. The van der Waals surface area contributed by atoms with E-state index < -0.39 is 18.3 Å².